The quantitative estimate of drug-likeness (QED) is 0.764. The van der Waals surface area contributed by atoms with E-state index in [0.29, 0.717) is 19.3 Å². The molecule has 0 heterocycles. The van der Waals surface area contributed by atoms with Crippen molar-refractivity contribution in [1.29, 1.82) is 0 Å². The minimum absolute atomic E-state index is 0.190. The van der Waals surface area contributed by atoms with Crippen molar-refractivity contribution < 1.29 is 19.7 Å². The molecule has 0 unspecified atom stereocenters. The molecule has 0 saturated heterocycles. The number of aliphatic hydroxyl groups excluding tert-OH is 2. The number of hydrogen-bond donors (Lipinski definition) is 3. The number of alkyl carbamates (subject to hydrolysis) is 1. The van der Waals surface area contributed by atoms with Crippen molar-refractivity contribution in [2.24, 2.45) is 0 Å². The summed E-state index contributed by atoms with van der Waals surface area (Å²) in [4.78, 5) is 11.7. The lowest BCUT2D eigenvalue weighted by Gasteiger charge is -2.27. The zero-order chi connectivity index (χ0) is 13.7. The molecule has 0 radical (unpaired) electrons. The molecule has 1 aliphatic carbocycles. The Morgan fingerprint density at radius 2 is 2.16 bits per heavy atom. The van der Waals surface area contributed by atoms with E-state index in [1.807, 2.05) is 30.3 Å². The van der Waals surface area contributed by atoms with Gasteiger partial charge in [-0.05, 0) is 24.8 Å². The number of aliphatic hydroxyl groups is 2. The molecule has 5 heteroatoms. The molecule has 1 aromatic rings. The van der Waals surface area contributed by atoms with Gasteiger partial charge in [0, 0.05) is 0 Å². The van der Waals surface area contributed by atoms with Crippen LogP contribution in [0.1, 0.15) is 24.8 Å². The summed E-state index contributed by atoms with van der Waals surface area (Å²) in [5.41, 5.74) is 0.162. The van der Waals surface area contributed by atoms with E-state index in [-0.39, 0.29) is 13.2 Å². The van der Waals surface area contributed by atoms with Gasteiger partial charge in [0.05, 0.1) is 18.2 Å². The molecule has 1 saturated carbocycles. The zero-order valence-corrected chi connectivity index (χ0v) is 10.7. The fourth-order valence-corrected chi connectivity index (χ4v) is 2.37. The normalized spacial score (nSPS) is 26.1. The van der Waals surface area contributed by atoms with Crippen LogP contribution in [0.3, 0.4) is 0 Å². The van der Waals surface area contributed by atoms with Crippen LogP contribution in [0.2, 0.25) is 0 Å². The molecule has 104 valence electrons. The average Bonchev–Trinajstić information content (AvgIpc) is 2.79. The first-order valence-corrected chi connectivity index (χ1v) is 6.41. The fraction of sp³-hybridized carbons (Fsp3) is 0.500. The van der Waals surface area contributed by atoms with Crippen LogP contribution in [-0.2, 0) is 11.3 Å². The van der Waals surface area contributed by atoms with Crippen molar-refractivity contribution in [3.05, 3.63) is 35.9 Å². The molecular weight excluding hydrogens is 246 g/mol. The molecular formula is C14H19NO4. The van der Waals surface area contributed by atoms with Gasteiger partial charge in [0.25, 0.3) is 0 Å². The monoisotopic (exact) mass is 265 g/mol. The summed E-state index contributed by atoms with van der Waals surface area (Å²) < 4.78 is 5.11. The van der Waals surface area contributed by atoms with Crippen molar-refractivity contribution in [2.45, 2.75) is 37.5 Å². The Kier molecular flexibility index (Phi) is 4.39. The second-order valence-electron chi connectivity index (χ2n) is 5.02. The predicted octanol–water partition coefficient (Wildman–Crippen LogP) is 1.19. The van der Waals surface area contributed by atoms with Crippen molar-refractivity contribution in [1.82, 2.24) is 5.32 Å². The van der Waals surface area contributed by atoms with Gasteiger partial charge in [-0.1, -0.05) is 30.3 Å². The Labute approximate surface area is 112 Å². The van der Waals surface area contributed by atoms with Crippen LogP contribution in [0.25, 0.3) is 0 Å². The molecule has 0 aromatic heterocycles. The second kappa shape index (κ2) is 6.04. The maximum absolute atomic E-state index is 11.7. The number of hydrogen-bond acceptors (Lipinski definition) is 4. The molecule has 2 rings (SSSR count). The van der Waals surface area contributed by atoms with Crippen molar-refractivity contribution in [2.75, 3.05) is 6.61 Å². The number of ether oxygens (including phenoxy) is 1. The topological polar surface area (TPSA) is 78.8 Å². The summed E-state index contributed by atoms with van der Waals surface area (Å²) >= 11 is 0. The molecule has 19 heavy (non-hydrogen) atoms. The fourth-order valence-electron chi connectivity index (χ4n) is 2.37. The van der Waals surface area contributed by atoms with E-state index in [9.17, 15) is 15.0 Å². The lowest BCUT2D eigenvalue weighted by Crippen LogP contribution is -2.49. The Bertz CT molecular complexity index is 423. The van der Waals surface area contributed by atoms with Gasteiger partial charge in [-0.25, -0.2) is 4.79 Å². The predicted molar refractivity (Wildman–Crippen MR) is 69.4 cm³/mol. The van der Waals surface area contributed by atoms with E-state index in [2.05, 4.69) is 5.32 Å². The van der Waals surface area contributed by atoms with Crippen LogP contribution < -0.4 is 5.32 Å². The highest BCUT2D eigenvalue weighted by molar-refractivity contribution is 5.68. The molecule has 1 amide bonds. The summed E-state index contributed by atoms with van der Waals surface area (Å²) in [6.45, 7) is 0.00122. The maximum atomic E-state index is 11.7. The minimum atomic E-state index is -0.743. The van der Waals surface area contributed by atoms with Crippen LogP contribution in [0.4, 0.5) is 4.79 Å². The van der Waals surface area contributed by atoms with Crippen molar-refractivity contribution in [3.8, 4) is 0 Å². The van der Waals surface area contributed by atoms with Crippen LogP contribution >= 0.6 is 0 Å². The smallest absolute Gasteiger partial charge is 0.407 e. The highest BCUT2D eigenvalue weighted by atomic mass is 16.5. The van der Waals surface area contributed by atoms with E-state index in [1.165, 1.54) is 0 Å². The molecule has 0 aliphatic heterocycles. The molecule has 1 aliphatic rings. The number of carbonyl (C=O) groups excluding carboxylic acids is 1. The largest absolute Gasteiger partial charge is 0.445 e. The highest BCUT2D eigenvalue weighted by Crippen LogP contribution is 2.29. The Morgan fingerprint density at radius 3 is 2.74 bits per heavy atom. The van der Waals surface area contributed by atoms with Gasteiger partial charge in [0.2, 0.25) is 0 Å². The number of amides is 1. The summed E-state index contributed by atoms with van der Waals surface area (Å²) in [6.07, 6.45) is 0.475. The number of nitrogens with one attached hydrogen (secondary N) is 1. The average molecular weight is 265 g/mol. The van der Waals surface area contributed by atoms with Crippen molar-refractivity contribution >= 4 is 6.09 Å². The Balaban J connectivity index is 1.84. The van der Waals surface area contributed by atoms with Gasteiger partial charge < -0.3 is 20.3 Å². The number of carbonyl (C=O) groups is 1. The highest BCUT2D eigenvalue weighted by Gasteiger charge is 2.39. The molecule has 1 aromatic carbocycles. The standard InChI is InChI=1S/C14H19NO4/c16-10-14(7-6-12(17)8-14)15-13(18)19-9-11-4-2-1-3-5-11/h1-5,12,16-17H,6-10H2,(H,15,18)/t12-,14-/m1/s1. The van der Waals surface area contributed by atoms with Gasteiger partial charge in [0.1, 0.15) is 6.61 Å². The van der Waals surface area contributed by atoms with Gasteiger partial charge in [-0.15, -0.1) is 0 Å². The van der Waals surface area contributed by atoms with E-state index in [0.717, 1.165) is 5.56 Å². The first-order valence-electron chi connectivity index (χ1n) is 6.41. The molecule has 0 bridgehead atoms. The second-order valence-corrected chi connectivity index (χ2v) is 5.02. The lowest BCUT2D eigenvalue weighted by molar-refractivity contribution is 0.0987. The summed E-state index contributed by atoms with van der Waals surface area (Å²) in [5, 5.41) is 21.6. The van der Waals surface area contributed by atoms with E-state index in [1.54, 1.807) is 0 Å². The Hall–Kier alpha value is -1.59. The molecule has 0 spiro atoms. The first-order chi connectivity index (χ1) is 9.13. The summed E-state index contributed by atoms with van der Waals surface area (Å²) in [5.74, 6) is 0. The molecule has 5 nitrogen and oxygen atoms in total. The number of benzene rings is 1. The van der Waals surface area contributed by atoms with E-state index >= 15 is 0 Å². The molecule has 3 N–H and O–H groups in total. The van der Waals surface area contributed by atoms with Gasteiger partial charge in [-0.3, -0.25) is 0 Å². The van der Waals surface area contributed by atoms with Gasteiger partial charge in [0.15, 0.2) is 0 Å². The van der Waals surface area contributed by atoms with E-state index < -0.39 is 17.7 Å². The maximum Gasteiger partial charge on any atom is 0.407 e. The summed E-state index contributed by atoms with van der Waals surface area (Å²) in [7, 11) is 0. The molecule has 1 fully saturated rings. The van der Waals surface area contributed by atoms with Crippen LogP contribution in [0.15, 0.2) is 30.3 Å². The lowest BCUT2D eigenvalue weighted by atomic mass is 9.99. The van der Waals surface area contributed by atoms with Crippen molar-refractivity contribution in [3.63, 3.8) is 0 Å². The van der Waals surface area contributed by atoms with Crippen LogP contribution in [0.5, 0.6) is 0 Å². The third kappa shape index (κ3) is 3.68. The van der Waals surface area contributed by atoms with Gasteiger partial charge >= 0.3 is 6.09 Å². The third-order valence-corrected chi connectivity index (χ3v) is 3.47. The Morgan fingerprint density at radius 1 is 1.42 bits per heavy atom. The summed E-state index contributed by atoms with van der Waals surface area (Å²) in [6, 6.07) is 9.38. The zero-order valence-electron chi connectivity index (χ0n) is 10.7. The minimum Gasteiger partial charge on any atom is -0.445 e. The number of rotatable bonds is 4. The first kappa shape index (κ1) is 13.8. The van der Waals surface area contributed by atoms with E-state index in [4.69, 9.17) is 4.74 Å². The third-order valence-electron chi connectivity index (χ3n) is 3.47. The SMILES string of the molecule is O=C(N[C@]1(CO)CC[C@@H](O)C1)OCc1ccccc1. The van der Waals surface area contributed by atoms with Gasteiger partial charge in [-0.2, -0.15) is 0 Å². The van der Waals surface area contributed by atoms with Crippen LogP contribution in [0, 0.1) is 0 Å². The van der Waals surface area contributed by atoms with Crippen LogP contribution in [-0.4, -0.2) is 34.6 Å². The molecule has 2 atom stereocenters.